The molecular weight excluding hydrogens is 404 g/mol. The van der Waals surface area contributed by atoms with Gasteiger partial charge in [0.15, 0.2) is 12.1 Å². The summed E-state index contributed by atoms with van der Waals surface area (Å²) in [5.41, 5.74) is 3.11. The Bertz CT molecular complexity index is 871. The Hall–Kier alpha value is -1.62. The van der Waals surface area contributed by atoms with Crippen LogP contribution in [-0.2, 0) is 23.8 Å². The van der Waals surface area contributed by atoms with Crippen LogP contribution in [0.2, 0.25) is 0 Å². The van der Waals surface area contributed by atoms with E-state index in [0.29, 0.717) is 42.5 Å². The molecule has 5 aliphatic rings. The number of ketones is 1. The number of fused-ring (bicyclic) bond motifs is 7. The van der Waals surface area contributed by atoms with Crippen molar-refractivity contribution in [3.8, 4) is 0 Å². The fourth-order valence-corrected chi connectivity index (χ4v) is 8.37. The summed E-state index contributed by atoms with van der Waals surface area (Å²) < 4.78 is 17.6. The van der Waals surface area contributed by atoms with Crippen LogP contribution < -0.4 is 0 Å². The number of esters is 1. The van der Waals surface area contributed by atoms with Crippen molar-refractivity contribution in [2.45, 2.75) is 85.4 Å². The largest absolute Gasteiger partial charge is 0.466 e. The average Bonchev–Trinajstić information content (AvgIpc) is 3.05. The number of hydrogen-bond donors (Lipinski definition) is 0. The first-order valence-corrected chi connectivity index (χ1v) is 12.6. The SMILES string of the molecule is CCOC1CC2CC3C4CCC5=CC(=O)CCC5(C)C4CCC3(C)C2=C(COC(C)=O)O1. The summed E-state index contributed by atoms with van der Waals surface area (Å²) in [5.74, 6) is 3.31. The summed E-state index contributed by atoms with van der Waals surface area (Å²) in [6, 6.07) is 0. The highest BCUT2D eigenvalue weighted by Crippen LogP contribution is 2.69. The van der Waals surface area contributed by atoms with Crippen LogP contribution in [-0.4, -0.2) is 31.3 Å². The van der Waals surface area contributed by atoms with Gasteiger partial charge in [0.2, 0.25) is 0 Å². The molecule has 0 spiro atoms. The summed E-state index contributed by atoms with van der Waals surface area (Å²) in [6.45, 7) is 9.17. The molecule has 0 aromatic rings. The monoisotopic (exact) mass is 442 g/mol. The van der Waals surface area contributed by atoms with Gasteiger partial charge in [-0.1, -0.05) is 19.4 Å². The molecule has 0 aromatic heterocycles. The standard InChI is InChI=1S/C27H38O5/c1-5-30-24-13-17-12-22-20-7-6-18-14-19(29)8-10-26(18,3)21(20)9-11-27(22,4)25(17)23(32-24)15-31-16(2)28/h14,17,20-22,24H,5-13,15H2,1-4H3. The van der Waals surface area contributed by atoms with Crippen molar-refractivity contribution in [1.29, 1.82) is 0 Å². The zero-order valence-corrected chi connectivity index (χ0v) is 20.1. The second kappa shape index (κ2) is 8.00. The second-order valence-corrected chi connectivity index (χ2v) is 11.2. The lowest BCUT2D eigenvalue weighted by molar-refractivity contribution is -0.152. The Labute approximate surface area is 191 Å². The van der Waals surface area contributed by atoms with Crippen LogP contribution in [0.3, 0.4) is 0 Å². The quantitative estimate of drug-likeness (QED) is 0.550. The molecule has 0 N–H and O–H groups in total. The summed E-state index contributed by atoms with van der Waals surface area (Å²) in [6.07, 6.45) is 10.1. The molecule has 5 rings (SSSR count). The second-order valence-electron chi connectivity index (χ2n) is 11.2. The highest BCUT2D eigenvalue weighted by atomic mass is 16.7. The molecule has 0 bridgehead atoms. The Morgan fingerprint density at radius 2 is 1.94 bits per heavy atom. The molecule has 5 heteroatoms. The molecule has 7 unspecified atom stereocenters. The first kappa shape index (κ1) is 22.2. The molecule has 32 heavy (non-hydrogen) atoms. The molecule has 5 nitrogen and oxygen atoms in total. The predicted octanol–water partition coefficient (Wildman–Crippen LogP) is 5.34. The Morgan fingerprint density at radius 1 is 1.12 bits per heavy atom. The van der Waals surface area contributed by atoms with Crippen molar-refractivity contribution in [2.75, 3.05) is 13.2 Å². The fraction of sp³-hybridized carbons (Fsp3) is 0.778. The molecule has 0 aromatic carbocycles. The minimum absolute atomic E-state index is 0.0978. The van der Waals surface area contributed by atoms with E-state index >= 15 is 0 Å². The third-order valence-electron chi connectivity index (χ3n) is 9.72. The van der Waals surface area contributed by atoms with Crippen molar-refractivity contribution >= 4 is 11.8 Å². The van der Waals surface area contributed by atoms with Crippen LogP contribution in [0.4, 0.5) is 0 Å². The molecule has 0 amide bonds. The van der Waals surface area contributed by atoms with Gasteiger partial charge in [0.05, 0.1) is 0 Å². The van der Waals surface area contributed by atoms with Gasteiger partial charge in [-0.15, -0.1) is 0 Å². The number of ether oxygens (including phenoxy) is 3. The van der Waals surface area contributed by atoms with Gasteiger partial charge in [0.1, 0.15) is 12.4 Å². The molecule has 4 aliphatic carbocycles. The van der Waals surface area contributed by atoms with Crippen LogP contribution in [0.25, 0.3) is 0 Å². The van der Waals surface area contributed by atoms with E-state index in [-0.39, 0.29) is 29.7 Å². The third-order valence-corrected chi connectivity index (χ3v) is 9.72. The van der Waals surface area contributed by atoms with Crippen LogP contribution in [0, 0.1) is 34.5 Å². The zero-order valence-electron chi connectivity index (χ0n) is 20.1. The normalized spacial score (nSPS) is 42.8. The van der Waals surface area contributed by atoms with E-state index in [1.54, 1.807) is 0 Å². The number of hydrogen-bond acceptors (Lipinski definition) is 5. The number of rotatable bonds is 4. The minimum atomic E-state index is -0.272. The first-order valence-electron chi connectivity index (χ1n) is 12.6. The topological polar surface area (TPSA) is 61.8 Å². The molecule has 7 atom stereocenters. The first-order chi connectivity index (χ1) is 15.3. The Morgan fingerprint density at radius 3 is 2.69 bits per heavy atom. The highest BCUT2D eigenvalue weighted by molar-refractivity contribution is 5.91. The molecule has 0 radical (unpaired) electrons. The van der Waals surface area contributed by atoms with Crippen LogP contribution >= 0.6 is 0 Å². The van der Waals surface area contributed by atoms with Crippen molar-refractivity contribution < 1.29 is 23.8 Å². The molecule has 3 saturated carbocycles. The van der Waals surface area contributed by atoms with Gasteiger partial charge in [-0.3, -0.25) is 9.59 Å². The Balaban J connectivity index is 1.48. The van der Waals surface area contributed by atoms with E-state index in [1.165, 1.54) is 37.3 Å². The van der Waals surface area contributed by atoms with Crippen LogP contribution in [0.15, 0.2) is 23.0 Å². The van der Waals surface area contributed by atoms with Gasteiger partial charge in [0, 0.05) is 26.4 Å². The van der Waals surface area contributed by atoms with Gasteiger partial charge < -0.3 is 14.2 Å². The lowest BCUT2D eigenvalue weighted by atomic mass is 9.47. The Kier molecular flexibility index (Phi) is 5.55. The van der Waals surface area contributed by atoms with E-state index in [2.05, 4.69) is 13.8 Å². The minimum Gasteiger partial charge on any atom is -0.466 e. The molecule has 3 fully saturated rings. The maximum atomic E-state index is 12.1. The fourth-order valence-electron chi connectivity index (χ4n) is 8.37. The zero-order chi connectivity index (χ0) is 22.7. The molecule has 1 aliphatic heterocycles. The summed E-state index contributed by atoms with van der Waals surface area (Å²) in [4.78, 5) is 23.7. The molecule has 0 saturated heterocycles. The maximum Gasteiger partial charge on any atom is 0.303 e. The van der Waals surface area contributed by atoms with Crippen LogP contribution in [0.1, 0.15) is 79.1 Å². The van der Waals surface area contributed by atoms with E-state index in [9.17, 15) is 9.59 Å². The van der Waals surface area contributed by atoms with Gasteiger partial charge in [-0.25, -0.2) is 0 Å². The van der Waals surface area contributed by atoms with E-state index in [1.807, 2.05) is 13.0 Å². The van der Waals surface area contributed by atoms with Gasteiger partial charge in [-0.2, -0.15) is 0 Å². The summed E-state index contributed by atoms with van der Waals surface area (Å²) >= 11 is 0. The number of carbonyl (C=O) groups excluding carboxylic acids is 2. The average molecular weight is 443 g/mol. The maximum absolute atomic E-state index is 12.1. The number of carbonyl (C=O) groups is 2. The highest BCUT2D eigenvalue weighted by Gasteiger charge is 2.61. The third kappa shape index (κ3) is 3.38. The lowest BCUT2D eigenvalue weighted by Crippen LogP contribution is -2.49. The molecule has 1 heterocycles. The van der Waals surface area contributed by atoms with Crippen molar-refractivity contribution in [2.24, 2.45) is 34.5 Å². The van der Waals surface area contributed by atoms with Crippen molar-refractivity contribution in [3.05, 3.63) is 23.0 Å². The number of allylic oxidation sites excluding steroid dienone is 2. The summed E-state index contributed by atoms with van der Waals surface area (Å²) in [5, 5.41) is 0. The van der Waals surface area contributed by atoms with Crippen LogP contribution in [0.5, 0.6) is 0 Å². The van der Waals surface area contributed by atoms with Gasteiger partial charge in [-0.05, 0) is 91.6 Å². The van der Waals surface area contributed by atoms with E-state index in [4.69, 9.17) is 14.2 Å². The lowest BCUT2D eigenvalue weighted by Gasteiger charge is -2.57. The summed E-state index contributed by atoms with van der Waals surface area (Å²) in [7, 11) is 0. The van der Waals surface area contributed by atoms with Crippen molar-refractivity contribution in [3.63, 3.8) is 0 Å². The molecular formula is C27H38O5. The van der Waals surface area contributed by atoms with E-state index in [0.717, 1.165) is 31.4 Å². The van der Waals surface area contributed by atoms with Gasteiger partial charge >= 0.3 is 5.97 Å². The predicted molar refractivity (Wildman–Crippen MR) is 120 cm³/mol. The van der Waals surface area contributed by atoms with Crippen molar-refractivity contribution in [1.82, 2.24) is 0 Å². The molecule has 176 valence electrons. The van der Waals surface area contributed by atoms with Gasteiger partial charge in [0.25, 0.3) is 0 Å². The van der Waals surface area contributed by atoms with E-state index < -0.39 is 0 Å². The smallest absolute Gasteiger partial charge is 0.303 e.